The molecule has 0 aromatic heterocycles. The molecule has 104 valence electrons. The normalized spacial score (nSPS) is 9.95. The minimum Gasteiger partial charge on any atom is -0.495 e. The van der Waals surface area contributed by atoms with E-state index >= 15 is 0 Å². The Hall–Kier alpha value is -1.59. The van der Waals surface area contributed by atoms with Crippen LogP contribution in [0.2, 0.25) is 0 Å². The largest absolute Gasteiger partial charge is 0.495 e. The summed E-state index contributed by atoms with van der Waals surface area (Å²) in [5.74, 6) is 0.754. The second kappa shape index (κ2) is 6.72. The van der Waals surface area contributed by atoms with Gasteiger partial charge in [0, 0.05) is 10.2 Å². The van der Waals surface area contributed by atoms with Crippen molar-refractivity contribution in [2.24, 2.45) is 0 Å². The van der Waals surface area contributed by atoms with E-state index in [1.54, 1.807) is 7.11 Å². The van der Waals surface area contributed by atoms with Gasteiger partial charge in [0.2, 0.25) is 0 Å². The Kier molecular flexibility index (Phi) is 4.98. The number of para-hydroxylation sites is 2. The lowest BCUT2D eigenvalue weighted by Gasteiger charge is -2.14. The van der Waals surface area contributed by atoms with Gasteiger partial charge in [0.1, 0.15) is 5.75 Å². The van der Waals surface area contributed by atoms with Crippen molar-refractivity contribution in [3.63, 3.8) is 0 Å². The second-order valence-corrected chi connectivity index (χ2v) is 5.56. The predicted octanol–water partition coefficient (Wildman–Crippen LogP) is 4.58. The molecule has 0 aliphatic heterocycles. The molecule has 0 heterocycles. The van der Waals surface area contributed by atoms with Crippen LogP contribution in [-0.4, -0.2) is 12.2 Å². The summed E-state index contributed by atoms with van der Waals surface area (Å²) in [4.78, 5) is 0. The molecule has 0 bridgehead atoms. The van der Waals surface area contributed by atoms with Crippen LogP contribution in [0.5, 0.6) is 5.75 Å². The van der Waals surface area contributed by atoms with E-state index in [0.29, 0.717) is 5.11 Å². The molecule has 3 nitrogen and oxygen atoms in total. The molecule has 0 atom stereocenters. The summed E-state index contributed by atoms with van der Waals surface area (Å²) in [6, 6.07) is 13.6. The third-order valence-corrected chi connectivity index (χ3v) is 3.49. The van der Waals surface area contributed by atoms with Crippen LogP contribution >= 0.6 is 28.1 Å². The molecule has 2 rings (SSSR count). The standard InChI is InChI=1S/C15H15BrN2OS/c1-10-9-11(16)7-8-12(10)17-15(20)18-13-5-3-4-6-14(13)19-2/h3-9H,1-2H3,(H2,17,18,20). The van der Waals surface area contributed by atoms with Gasteiger partial charge in [0.05, 0.1) is 12.8 Å². The van der Waals surface area contributed by atoms with Gasteiger partial charge in [0.25, 0.3) is 0 Å². The van der Waals surface area contributed by atoms with E-state index in [1.165, 1.54) is 0 Å². The zero-order valence-corrected chi connectivity index (χ0v) is 13.6. The molecule has 0 saturated heterocycles. The fraction of sp³-hybridized carbons (Fsp3) is 0.133. The quantitative estimate of drug-likeness (QED) is 0.794. The molecule has 0 unspecified atom stereocenters. The van der Waals surface area contributed by atoms with Crippen molar-refractivity contribution in [2.75, 3.05) is 17.7 Å². The summed E-state index contributed by atoms with van der Waals surface area (Å²) >= 11 is 8.77. The van der Waals surface area contributed by atoms with Crippen molar-refractivity contribution >= 4 is 44.6 Å². The summed E-state index contributed by atoms with van der Waals surface area (Å²) in [6.07, 6.45) is 0. The smallest absolute Gasteiger partial charge is 0.175 e. The lowest BCUT2D eigenvalue weighted by Crippen LogP contribution is -2.20. The topological polar surface area (TPSA) is 33.3 Å². The molecule has 0 fully saturated rings. The molecule has 0 aliphatic rings. The first-order valence-corrected chi connectivity index (χ1v) is 7.27. The van der Waals surface area contributed by atoms with Crippen LogP contribution in [0.15, 0.2) is 46.9 Å². The maximum Gasteiger partial charge on any atom is 0.175 e. The fourth-order valence-corrected chi connectivity index (χ4v) is 2.49. The number of halogens is 1. The highest BCUT2D eigenvalue weighted by Crippen LogP contribution is 2.24. The van der Waals surface area contributed by atoms with Crippen LogP contribution in [0.25, 0.3) is 0 Å². The molecule has 2 aromatic carbocycles. The Balaban J connectivity index is 2.09. The van der Waals surface area contributed by atoms with Gasteiger partial charge in [-0.25, -0.2) is 0 Å². The minimum atomic E-state index is 0.528. The number of nitrogens with one attached hydrogen (secondary N) is 2. The molecule has 0 saturated carbocycles. The SMILES string of the molecule is COc1ccccc1NC(=S)Nc1ccc(Br)cc1C. The van der Waals surface area contributed by atoms with Gasteiger partial charge < -0.3 is 15.4 Å². The van der Waals surface area contributed by atoms with Gasteiger partial charge in [-0.3, -0.25) is 0 Å². The predicted molar refractivity (Wildman–Crippen MR) is 91.7 cm³/mol. The summed E-state index contributed by atoms with van der Waals surface area (Å²) in [6.45, 7) is 2.03. The van der Waals surface area contributed by atoms with Crippen LogP contribution < -0.4 is 15.4 Å². The highest BCUT2D eigenvalue weighted by molar-refractivity contribution is 9.10. The van der Waals surface area contributed by atoms with E-state index in [-0.39, 0.29) is 0 Å². The van der Waals surface area contributed by atoms with Crippen LogP contribution in [0, 0.1) is 6.92 Å². The lowest BCUT2D eigenvalue weighted by atomic mass is 10.2. The average molecular weight is 351 g/mol. The monoisotopic (exact) mass is 350 g/mol. The minimum absolute atomic E-state index is 0.528. The molecule has 0 aliphatic carbocycles. The maximum absolute atomic E-state index is 5.33. The molecule has 2 aromatic rings. The van der Waals surface area contributed by atoms with Crippen molar-refractivity contribution < 1.29 is 4.74 Å². The summed E-state index contributed by atoms with van der Waals surface area (Å²) in [7, 11) is 1.63. The highest BCUT2D eigenvalue weighted by Gasteiger charge is 2.05. The van der Waals surface area contributed by atoms with Gasteiger partial charge >= 0.3 is 0 Å². The molecule has 5 heteroatoms. The molecule has 0 amide bonds. The van der Waals surface area contributed by atoms with E-state index in [1.807, 2.05) is 49.4 Å². The molecule has 20 heavy (non-hydrogen) atoms. The first-order chi connectivity index (χ1) is 9.60. The Bertz CT molecular complexity index is 631. The van der Waals surface area contributed by atoms with E-state index in [4.69, 9.17) is 17.0 Å². The number of rotatable bonds is 3. The highest BCUT2D eigenvalue weighted by atomic mass is 79.9. The number of aryl methyl sites for hydroxylation is 1. The average Bonchev–Trinajstić information content (AvgIpc) is 2.42. The zero-order valence-electron chi connectivity index (χ0n) is 11.2. The summed E-state index contributed by atoms with van der Waals surface area (Å²) in [5, 5.41) is 6.84. The molecular weight excluding hydrogens is 336 g/mol. The number of ether oxygens (including phenoxy) is 1. The Morgan fingerprint density at radius 1 is 1.10 bits per heavy atom. The molecular formula is C15H15BrN2OS. The van der Waals surface area contributed by atoms with Gasteiger partial charge in [-0.2, -0.15) is 0 Å². The summed E-state index contributed by atoms with van der Waals surface area (Å²) in [5.41, 5.74) is 2.92. The van der Waals surface area contributed by atoms with E-state index in [9.17, 15) is 0 Å². The van der Waals surface area contributed by atoms with Crippen molar-refractivity contribution in [1.82, 2.24) is 0 Å². The fourth-order valence-electron chi connectivity index (χ4n) is 1.79. The van der Waals surface area contributed by atoms with Crippen LogP contribution in [0.3, 0.4) is 0 Å². The van der Waals surface area contributed by atoms with Gasteiger partial charge in [-0.15, -0.1) is 0 Å². The van der Waals surface area contributed by atoms with Gasteiger partial charge in [-0.1, -0.05) is 28.1 Å². The van der Waals surface area contributed by atoms with Crippen molar-refractivity contribution in [2.45, 2.75) is 6.92 Å². The number of anilines is 2. The van der Waals surface area contributed by atoms with Crippen molar-refractivity contribution in [3.05, 3.63) is 52.5 Å². The van der Waals surface area contributed by atoms with Crippen molar-refractivity contribution in [3.8, 4) is 5.75 Å². The first kappa shape index (κ1) is 14.8. The van der Waals surface area contributed by atoms with E-state index < -0.39 is 0 Å². The number of benzene rings is 2. The third-order valence-electron chi connectivity index (χ3n) is 2.79. The van der Waals surface area contributed by atoms with E-state index in [0.717, 1.165) is 27.2 Å². The number of thiocarbonyl (C=S) groups is 1. The van der Waals surface area contributed by atoms with Crippen LogP contribution in [0.4, 0.5) is 11.4 Å². The second-order valence-electron chi connectivity index (χ2n) is 4.24. The molecule has 0 radical (unpaired) electrons. The third kappa shape index (κ3) is 3.71. The van der Waals surface area contributed by atoms with Crippen LogP contribution in [0.1, 0.15) is 5.56 Å². The maximum atomic E-state index is 5.33. The molecule has 2 N–H and O–H groups in total. The lowest BCUT2D eigenvalue weighted by molar-refractivity contribution is 0.417. The van der Waals surface area contributed by atoms with Crippen LogP contribution in [-0.2, 0) is 0 Å². The Labute approximate surface area is 132 Å². The van der Waals surface area contributed by atoms with Gasteiger partial charge in [-0.05, 0) is 55.0 Å². The number of hydrogen-bond donors (Lipinski definition) is 2. The van der Waals surface area contributed by atoms with Crippen molar-refractivity contribution in [1.29, 1.82) is 0 Å². The van der Waals surface area contributed by atoms with E-state index in [2.05, 4.69) is 26.6 Å². The first-order valence-electron chi connectivity index (χ1n) is 6.07. The molecule has 0 spiro atoms. The Morgan fingerprint density at radius 3 is 2.50 bits per heavy atom. The number of methoxy groups -OCH3 is 1. The zero-order chi connectivity index (χ0) is 14.5. The summed E-state index contributed by atoms with van der Waals surface area (Å²) < 4.78 is 6.33. The Morgan fingerprint density at radius 2 is 1.80 bits per heavy atom. The number of hydrogen-bond acceptors (Lipinski definition) is 2. The van der Waals surface area contributed by atoms with Gasteiger partial charge in [0.15, 0.2) is 5.11 Å².